The molecule has 1 heterocycles. The first kappa shape index (κ1) is 22.0. The Morgan fingerprint density at radius 2 is 1.47 bits per heavy atom. The normalized spacial score (nSPS) is 10.1. The summed E-state index contributed by atoms with van der Waals surface area (Å²) in [6, 6.07) is 19.3. The summed E-state index contributed by atoms with van der Waals surface area (Å²) < 4.78 is 16.6. The van der Waals surface area contributed by atoms with Crippen molar-refractivity contribution in [2.75, 3.05) is 12.4 Å². The van der Waals surface area contributed by atoms with Crippen molar-refractivity contribution in [2.24, 2.45) is 0 Å². The maximum absolute atomic E-state index is 11.3. The van der Waals surface area contributed by atoms with Gasteiger partial charge in [0.25, 0.3) is 0 Å². The van der Waals surface area contributed by atoms with Gasteiger partial charge in [0.05, 0.1) is 19.2 Å². The molecule has 0 saturated carbocycles. The Labute approximate surface area is 194 Å². The highest BCUT2D eigenvalue weighted by atomic mass is 16.5. The van der Waals surface area contributed by atoms with Crippen LogP contribution in [0, 0.1) is 6.57 Å². The Kier molecular flexibility index (Phi) is 6.46. The summed E-state index contributed by atoms with van der Waals surface area (Å²) >= 11 is 0. The van der Waals surface area contributed by atoms with Crippen molar-refractivity contribution < 1.29 is 24.1 Å². The van der Waals surface area contributed by atoms with Crippen LogP contribution in [0.25, 0.3) is 4.85 Å². The van der Waals surface area contributed by atoms with E-state index < -0.39 is 5.97 Å². The summed E-state index contributed by atoms with van der Waals surface area (Å²) in [7, 11) is 1.56. The molecule has 0 aliphatic heterocycles. The van der Waals surface area contributed by atoms with Gasteiger partial charge >= 0.3 is 18.0 Å². The summed E-state index contributed by atoms with van der Waals surface area (Å²) in [5, 5.41) is 12.2. The molecule has 34 heavy (non-hydrogen) atoms. The highest BCUT2D eigenvalue weighted by Crippen LogP contribution is 2.27. The van der Waals surface area contributed by atoms with Crippen LogP contribution < -0.4 is 19.5 Å². The molecule has 0 aliphatic carbocycles. The Morgan fingerprint density at radius 1 is 0.882 bits per heavy atom. The van der Waals surface area contributed by atoms with Crippen LogP contribution in [0.4, 0.5) is 17.3 Å². The average Bonchev–Trinajstić information content (AvgIpc) is 2.85. The molecule has 168 valence electrons. The van der Waals surface area contributed by atoms with Gasteiger partial charge in [-0.25, -0.2) is 9.64 Å². The topological polar surface area (TPSA) is 120 Å². The predicted octanol–water partition coefficient (Wildman–Crippen LogP) is 5.46. The van der Waals surface area contributed by atoms with Crippen LogP contribution in [-0.2, 0) is 0 Å². The van der Waals surface area contributed by atoms with Crippen molar-refractivity contribution in [1.82, 2.24) is 15.0 Å². The van der Waals surface area contributed by atoms with Gasteiger partial charge in [-0.1, -0.05) is 18.2 Å². The number of ether oxygens (including phenoxy) is 3. The minimum atomic E-state index is -1.06. The lowest BCUT2D eigenvalue weighted by Crippen LogP contribution is -2.04. The first-order chi connectivity index (χ1) is 16.5. The molecule has 3 aromatic carbocycles. The minimum absolute atomic E-state index is 0.0511. The largest absolute Gasteiger partial charge is 0.497 e. The summed E-state index contributed by atoms with van der Waals surface area (Å²) in [5.74, 6) is 0.546. The van der Waals surface area contributed by atoms with Crippen LogP contribution in [0.5, 0.6) is 29.3 Å². The van der Waals surface area contributed by atoms with E-state index >= 15 is 0 Å². The lowest BCUT2D eigenvalue weighted by atomic mass is 10.2. The molecule has 10 heteroatoms. The number of carbonyl (C=O) groups is 1. The number of rotatable bonds is 8. The quantitative estimate of drug-likeness (QED) is 0.334. The van der Waals surface area contributed by atoms with E-state index in [1.165, 1.54) is 12.1 Å². The van der Waals surface area contributed by atoms with Crippen LogP contribution in [0.2, 0.25) is 0 Å². The van der Waals surface area contributed by atoms with Crippen molar-refractivity contribution in [3.63, 3.8) is 0 Å². The van der Waals surface area contributed by atoms with Crippen LogP contribution in [0.1, 0.15) is 10.4 Å². The number of carboxylic acids is 1. The van der Waals surface area contributed by atoms with Gasteiger partial charge in [-0.15, -0.1) is 4.98 Å². The van der Waals surface area contributed by atoms with E-state index in [1.807, 2.05) is 0 Å². The Bertz CT molecular complexity index is 1350. The molecule has 2 N–H and O–H groups in total. The lowest BCUT2D eigenvalue weighted by Gasteiger charge is -2.11. The Balaban J connectivity index is 1.64. The number of hydrogen-bond acceptors (Lipinski definition) is 8. The molecule has 0 spiro atoms. The fourth-order valence-corrected chi connectivity index (χ4v) is 2.79. The van der Waals surface area contributed by atoms with Crippen molar-refractivity contribution in [3.8, 4) is 29.3 Å². The van der Waals surface area contributed by atoms with E-state index in [-0.39, 0.29) is 23.5 Å². The van der Waals surface area contributed by atoms with Gasteiger partial charge in [0.15, 0.2) is 5.69 Å². The number of aromatic carboxylic acids is 1. The smallest absolute Gasteiger partial charge is 0.335 e. The Hall–Kier alpha value is -5.17. The monoisotopic (exact) mass is 455 g/mol. The number of aromatic nitrogens is 3. The van der Waals surface area contributed by atoms with Crippen LogP contribution in [-0.4, -0.2) is 33.1 Å². The zero-order valence-electron chi connectivity index (χ0n) is 17.8. The van der Waals surface area contributed by atoms with Crippen molar-refractivity contribution in [2.45, 2.75) is 0 Å². The summed E-state index contributed by atoms with van der Waals surface area (Å²) in [6.07, 6.45) is 0. The number of methoxy groups -OCH3 is 1. The second-order valence-corrected chi connectivity index (χ2v) is 6.72. The number of nitrogens with zero attached hydrogens (tertiary/aromatic N) is 4. The third-order valence-corrected chi connectivity index (χ3v) is 4.40. The highest BCUT2D eigenvalue weighted by molar-refractivity contribution is 5.89. The molecule has 10 nitrogen and oxygen atoms in total. The predicted molar refractivity (Wildman–Crippen MR) is 122 cm³/mol. The van der Waals surface area contributed by atoms with Gasteiger partial charge < -0.3 is 24.6 Å². The highest BCUT2D eigenvalue weighted by Gasteiger charge is 2.12. The second kappa shape index (κ2) is 9.97. The molecule has 0 bridgehead atoms. The molecule has 4 aromatic rings. The maximum atomic E-state index is 11.3. The Morgan fingerprint density at radius 3 is 2.03 bits per heavy atom. The zero-order chi connectivity index (χ0) is 23.9. The number of anilines is 2. The molecule has 4 rings (SSSR count). The average molecular weight is 455 g/mol. The first-order valence-corrected chi connectivity index (χ1v) is 9.86. The van der Waals surface area contributed by atoms with E-state index in [9.17, 15) is 9.90 Å². The molecule has 0 saturated heterocycles. The van der Waals surface area contributed by atoms with E-state index in [0.717, 1.165) is 0 Å². The molecule has 1 aromatic heterocycles. The summed E-state index contributed by atoms with van der Waals surface area (Å²) in [4.78, 5) is 27.3. The molecule has 0 fully saturated rings. The second-order valence-electron chi connectivity index (χ2n) is 6.72. The van der Waals surface area contributed by atoms with Gasteiger partial charge in [0.1, 0.15) is 17.2 Å². The SMILES string of the molecule is [C-]#[N+]c1ccc(Oc2nc(Nc3cccc(C(=O)O)c3)nc(Oc3ccc(OC)cc3)n2)cc1. The van der Waals surface area contributed by atoms with E-state index in [2.05, 4.69) is 25.1 Å². The minimum Gasteiger partial charge on any atom is -0.497 e. The van der Waals surface area contributed by atoms with Crippen molar-refractivity contribution in [3.05, 3.63) is 89.8 Å². The van der Waals surface area contributed by atoms with Gasteiger partial charge in [0.2, 0.25) is 5.95 Å². The first-order valence-electron chi connectivity index (χ1n) is 9.86. The molecule has 0 radical (unpaired) electrons. The number of hydrogen-bond donors (Lipinski definition) is 2. The number of benzene rings is 3. The van der Waals surface area contributed by atoms with E-state index in [0.29, 0.717) is 28.6 Å². The molecular weight excluding hydrogens is 438 g/mol. The number of nitrogens with one attached hydrogen (secondary N) is 1. The molecule has 0 atom stereocenters. The molecule has 0 unspecified atom stereocenters. The molecule has 0 amide bonds. The van der Waals surface area contributed by atoms with Gasteiger partial charge in [-0.05, 0) is 54.6 Å². The van der Waals surface area contributed by atoms with E-state index in [1.54, 1.807) is 67.8 Å². The van der Waals surface area contributed by atoms with Crippen molar-refractivity contribution in [1.29, 1.82) is 0 Å². The molecule has 0 aliphatic rings. The summed E-state index contributed by atoms with van der Waals surface area (Å²) in [6.45, 7) is 7.05. The van der Waals surface area contributed by atoms with Crippen LogP contribution in [0.15, 0.2) is 72.8 Å². The van der Waals surface area contributed by atoms with Crippen LogP contribution >= 0.6 is 0 Å². The molecular formula is C24H17N5O5. The third-order valence-electron chi connectivity index (χ3n) is 4.40. The van der Waals surface area contributed by atoms with Gasteiger partial charge in [0, 0.05) is 5.69 Å². The third kappa shape index (κ3) is 5.54. The number of carboxylic acid groups (broad SMARTS) is 1. The fourth-order valence-electron chi connectivity index (χ4n) is 2.79. The zero-order valence-corrected chi connectivity index (χ0v) is 17.8. The van der Waals surface area contributed by atoms with Crippen LogP contribution in [0.3, 0.4) is 0 Å². The standard InChI is InChI=1S/C24H17N5O5/c1-25-16-6-8-19(9-7-16)33-23-27-22(26-17-5-3-4-15(14-17)21(30)31)28-24(29-23)34-20-12-10-18(32-2)11-13-20/h3-14H,2H3,(H,30,31)(H,26,27,28,29). The maximum Gasteiger partial charge on any atom is 0.335 e. The van der Waals surface area contributed by atoms with Crippen molar-refractivity contribution >= 4 is 23.3 Å². The van der Waals surface area contributed by atoms with E-state index in [4.69, 9.17) is 20.8 Å². The van der Waals surface area contributed by atoms with Gasteiger partial charge in [-0.3, -0.25) is 0 Å². The fraction of sp³-hybridized carbons (Fsp3) is 0.0417. The lowest BCUT2D eigenvalue weighted by molar-refractivity contribution is 0.0697. The summed E-state index contributed by atoms with van der Waals surface area (Å²) in [5.41, 5.74) is 1.02. The van der Waals surface area contributed by atoms with Gasteiger partial charge in [-0.2, -0.15) is 9.97 Å².